The van der Waals surface area contributed by atoms with Crippen molar-refractivity contribution < 1.29 is 14.6 Å². The summed E-state index contributed by atoms with van der Waals surface area (Å²) in [5.41, 5.74) is 0.829. The lowest BCUT2D eigenvalue weighted by atomic mass is 9.99. The fourth-order valence-electron chi connectivity index (χ4n) is 2.95. The third-order valence-electron chi connectivity index (χ3n) is 4.19. The predicted octanol–water partition coefficient (Wildman–Crippen LogP) is 2.43. The Kier molecular flexibility index (Phi) is 2.28. The topological polar surface area (TPSA) is 46.5 Å². The molecule has 0 unspecified atom stereocenters. The molecule has 1 fully saturated rings. The van der Waals surface area contributed by atoms with E-state index in [1.54, 1.807) is 0 Å². The largest absolute Gasteiger partial charge is 0.512 e. The summed E-state index contributed by atoms with van der Waals surface area (Å²) in [4.78, 5) is 11.4. The van der Waals surface area contributed by atoms with Gasteiger partial charge in [-0.3, -0.25) is 0 Å². The number of aliphatic hydroxyl groups excluding tert-OH is 1. The van der Waals surface area contributed by atoms with E-state index in [9.17, 15) is 9.90 Å². The molecule has 0 spiro atoms. The minimum Gasteiger partial charge on any atom is -0.512 e. The van der Waals surface area contributed by atoms with Gasteiger partial charge in [-0.2, -0.15) is 0 Å². The number of ether oxygens (including phenoxy) is 1. The molecule has 0 radical (unpaired) electrons. The van der Waals surface area contributed by atoms with Crippen LogP contribution in [0.4, 0.5) is 0 Å². The van der Waals surface area contributed by atoms with Gasteiger partial charge in [-0.15, -0.1) is 0 Å². The van der Waals surface area contributed by atoms with Gasteiger partial charge in [0.2, 0.25) is 0 Å². The Hall–Kier alpha value is -0.990. The number of hydrogen-bond donors (Lipinski definition) is 1. The number of rotatable bonds is 1. The van der Waals surface area contributed by atoms with E-state index < -0.39 is 0 Å². The van der Waals surface area contributed by atoms with E-state index in [1.165, 1.54) is 7.11 Å². The van der Waals surface area contributed by atoms with Crippen LogP contribution in [-0.4, -0.2) is 18.2 Å². The molecule has 2 atom stereocenters. The average Bonchev–Trinajstić information content (AvgIpc) is 2.75. The van der Waals surface area contributed by atoms with Crippen molar-refractivity contribution in [3.8, 4) is 0 Å². The maximum absolute atomic E-state index is 11.4. The van der Waals surface area contributed by atoms with E-state index in [2.05, 4.69) is 18.6 Å². The van der Waals surface area contributed by atoms with Crippen molar-refractivity contribution in [3.05, 3.63) is 11.3 Å². The lowest BCUT2D eigenvalue weighted by Crippen LogP contribution is -2.09. The van der Waals surface area contributed by atoms with Gasteiger partial charge < -0.3 is 9.84 Å². The molecule has 0 aliphatic heterocycles. The fraction of sp³-hybridized carbons (Fsp3) is 0.750. The highest BCUT2D eigenvalue weighted by atomic mass is 16.5. The molecule has 2 aliphatic rings. The Labute approximate surface area is 90.1 Å². The number of methoxy groups -OCH3 is 1. The Morgan fingerprint density at radius 2 is 2.13 bits per heavy atom. The minimum atomic E-state index is -0.369. The molecule has 0 aromatic carbocycles. The van der Waals surface area contributed by atoms with Crippen LogP contribution in [0.1, 0.15) is 33.1 Å². The van der Waals surface area contributed by atoms with Crippen molar-refractivity contribution in [3.63, 3.8) is 0 Å². The van der Waals surface area contributed by atoms with Crippen LogP contribution in [0.3, 0.4) is 0 Å². The SMILES string of the molecule is COC(=O)C1=C(O)C[C@H]2[C@@H](CC1)C2(C)C. The first-order valence-corrected chi connectivity index (χ1v) is 5.47. The smallest absolute Gasteiger partial charge is 0.337 e. The van der Waals surface area contributed by atoms with Crippen molar-refractivity contribution in [2.75, 3.05) is 7.11 Å². The Bertz CT molecular complexity index is 328. The zero-order valence-corrected chi connectivity index (χ0v) is 9.54. The van der Waals surface area contributed by atoms with Crippen LogP contribution < -0.4 is 0 Å². The molecule has 84 valence electrons. The molecule has 15 heavy (non-hydrogen) atoms. The number of carbonyl (C=O) groups is 1. The standard InChI is InChI=1S/C12H18O3/c1-12(2)8-5-4-7(11(14)15-3)10(13)6-9(8)12/h8-9,13H,4-6H2,1-3H3/t8-,9+/m1/s1. The number of esters is 1. The summed E-state index contributed by atoms with van der Waals surface area (Å²) in [5.74, 6) is 1.08. The van der Waals surface area contributed by atoms with Gasteiger partial charge in [0.05, 0.1) is 12.7 Å². The molecule has 3 heteroatoms. The van der Waals surface area contributed by atoms with Crippen LogP contribution >= 0.6 is 0 Å². The highest BCUT2D eigenvalue weighted by molar-refractivity contribution is 5.88. The second-order valence-electron chi connectivity index (χ2n) is 5.19. The van der Waals surface area contributed by atoms with Gasteiger partial charge in [-0.1, -0.05) is 13.8 Å². The van der Waals surface area contributed by atoms with Crippen LogP contribution in [0.2, 0.25) is 0 Å². The van der Waals surface area contributed by atoms with Gasteiger partial charge in [0.1, 0.15) is 5.76 Å². The number of aliphatic hydroxyl groups is 1. The highest BCUT2D eigenvalue weighted by Crippen LogP contribution is 2.64. The molecular weight excluding hydrogens is 192 g/mol. The summed E-state index contributed by atoms with van der Waals surface area (Å²) in [7, 11) is 1.36. The molecule has 0 saturated heterocycles. The van der Waals surface area contributed by atoms with E-state index in [0.29, 0.717) is 35.7 Å². The summed E-state index contributed by atoms with van der Waals surface area (Å²) in [6, 6.07) is 0. The Morgan fingerprint density at radius 3 is 2.73 bits per heavy atom. The highest BCUT2D eigenvalue weighted by Gasteiger charge is 2.58. The molecular formula is C12H18O3. The summed E-state index contributed by atoms with van der Waals surface area (Å²) in [5, 5.41) is 9.86. The third kappa shape index (κ3) is 1.54. The van der Waals surface area contributed by atoms with Gasteiger partial charge in [0, 0.05) is 6.42 Å². The maximum atomic E-state index is 11.4. The van der Waals surface area contributed by atoms with E-state index in [0.717, 1.165) is 6.42 Å². The van der Waals surface area contributed by atoms with Crippen LogP contribution in [0.15, 0.2) is 11.3 Å². The van der Waals surface area contributed by atoms with Gasteiger partial charge in [-0.05, 0) is 30.1 Å². The summed E-state index contributed by atoms with van der Waals surface area (Å²) in [6.45, 7) is 4.47. The monoisotopic (exact) mass is 210 g/mol. The van der Waals surface area contributed by atoms with E-state index in [1.807, 2.05) is 0 Å². The van der Waals surface area contributed by atoms with E-state index >= 15 is 0 Å². The molecule has 0 heterocycles. The molecule has 0 aromatic heterocycles. The quantitative estimate of drug-likeness (QED) is 0.676. The van der Waals surface area contributed by atoms with Gasteiger partial charge >= 0.3 is 5.97 Å². The summed E-state index contributed by atoms with van der Waals surface area (Å²) >= 11 is 0. The van der Waals surface area contributed by atoms with Crippen LogP contribution in [0.25, 0.3) is 0 Å². The molecule has 0 bridgehead atoms. The van der Waals surface area contributed by atoms with E-state index in [4.69, 9.17) is 0 Å². The zero-order chi connectivity index (χ0) is 11.2. The maximum Gasteiger partial charge on any atom is 0.337 e. The van der Waals surface area contributed by atoms with Crippen molar-refractivity contribution in [2.45, 2.75) is 33.1 Å². The molecule has 2 aliphatic carbocycles. The van der Waals surface area contributed by atoms with Crippen LogP contribution in [0, 0.1) is 17.3 Å². The summed E-state index contributed by atoms with van der Waals surface area (Å²) < 4.78 is 4.66. The number of allylic oxidation sites excluding steroid dienone is 1. The summed E-state index contributed by atoms with van der Waals surface area (Å²) in [6.07, 6.45) is 2.29. The number of hydrogen-bond acceptors (Lipinski definition) is 3. The Morgan fingerprint density at radius 1 is 1.47 bits per heavy atom. The molecule has 1 saturated carbocycles. The second kappa shape index (κ2) is 3.26. The van der Waals surface area contributed by atoms with Gasteiger partial charge in [-0.25, -0.2) is 4.79 Å². The average molecular weight is 210 g/mol. The van der Waals surface area contributed by atoms with Crippen molar-refractivity contribution >= 4 is 5.97 Å². The van der Waals surface area contributed by atoms with Crippen LogP contribution in [-0.2, 0) is 9.53 Å². The minimum absolute atomic E-state index is 0.250. The first kappa shape index (κ1) is 10.5. The third-order valence-corrected chi connectivity index (χ3v) is 4.19. The number of carbonyl (C=O) groups excluding carboxylic acids is 1. The molecule has 2 rings (SSSR count). The van der Waals surface area contributed by atoms with Gasteiger partial charge in [0.15, 0.2) is 0 Å². The first-order valence-electron chi connectivity index (χ1n) is 5.47. The lowest BCUT2D eigenvalue weighted by molar-refractivity contribution is -0.136. The van der Waals surface area contributed by atoms with Crippen molar-refractivity contribution in [2.24, 2.45) is 17.3 Å². The number of fused-ring (bicyclic) bond motifs is 1. The molecule has 0 amide bonds. The fourth-order valence-corrected chi connectivity index (χ4v) is 2.95. The molecule has 1 N–H and O–H groups in total. The van der Waals surface area contributed by atoms with Gasteiger partial charge in [0.25, 0.3) is 0 Å². The Balaban J connectivity index is 2.16. The predicted molar refractivity (Wildman–Crippen MR) is 56.3 cm³/mol. The molecule has 0 aromatic rings. The van der Waals surface area contributed by atoms with Crippen molar-refractivity contribution in [1.82, 2.24) is 0 Å². The van der Waals surface area contributed by atoms with Crippen molar-refractivity contribution in [1.29, 1.82) is 0 Å². The lowest BCUT2D eigenvalue weighted by Gasteiger charge is -2.10. The zero-order valence-electron chi connectivity index (χ0n) is 9.54. The second-order valence-corrected chi connectivity index (χ2v) is 5.19. The molecule has 3 nitrogen and oxygen atoms in total. The first-order chi connectivity index (χ1) is 6.98. The van der Waals surface area contributed by atoms with E-state index in [-0.39, 0.29) is 11.7 Å². The van der Waals surface area contributed by atoms with Crippen LogP contribution in [0.5, 0.6) is 0 Å². The normalized spacial score (nSPS) is 33.0.